The van der Waals surface area contributed by atoms with Gasteiger partial charge in [0.05, 0.1) is 6.42 Å². The zero-order chi connectivity index (χ0) is 12.3. The number of ether oxygens (including phenoxy) is 1. The summed E-state index contributed by atoms with van der Waals surface area (Å²) in [6.45, 7) is 1.62. The van der Waals surface area contributed by atoms with Gasteiger partial charge in [0.25, 0.3) is 11.6 Å². The molecule has 0 radical (unpaired) electrons. The number of hydrazine groups is 1. The lowest BCUT2D eigenvalue weighted by Crippen LogP contribution is -2.59. The van der Waals surface area contributed by atoms with Crippen LogP contribution in [-0.4, -0.2) is 42.6 Å². The molecule has 1 fully saturated rings. The maximum absolute atomic E-state index is 11.7. The molecule has 0 aromatic heterocycles. The fraction of sp³-hybridized carbons (Fsp3) is 0.667. The van der Waals surface area contributed by atoms with Crippen molar-refractivity contribution in [1.82, 2.24) is 15.8 Å². The van der Waals surface area contributed by atoms with Gasteiger partial charge in [-0.25, -0.2) is 0 Å². The van der Waals surface area contributed by atoms with E-state index >= 15 is 0 Å². The van der Waals surface area contributed by atoms with E-state index in [1.165, 1.54) is 12.1 Å². The quantitative estimate of drug-likeness (QED) is 0.271. The first-order valence-corrected chi connectivity index (χ1v) is 4.93. The smallest absolute Gasteiger partial charge is 0.307 e. The van der Waals surface area contributed by atoms with Gasteiger partial charge < -0.3 is 4.74 Å². The van der Waals surface area contributed by atoms with Gasteiger partial charge in [-0.05, 0) is 7.05 Å². The second kappa shape index (κ2) is 4.58. The molecule has 1 heterocycles. The molecule has 7 heteroatoms. The molecule has 0 spiro atoms. The number of esters is 1. The molecule has 1 aliphatic heterocycles. The van der Waals surface area contributed by atoms with Crippen molar-refractivity contribution in [2.45, 2.75) is 25.5 Å². The second-order valence-corrected chi connectivity index (χ2v) is 3.45. The molecule has 1 aliphatic rings. The number of imide groups is 1. The molecule has 0 aromatic carbocycles. The zero-order valence-corrected chi connectivity index (χ0v) is 9.49. The number of carbonyl (C=O) groups excluding carboxylic acids is 3. The monoisotopic (exact) mass is 229 g/mol. The minimum Gasteiger partial charge on any atom is -0.432 e. The number of nitrogens with zero attached hydrogens (tertiary/aromatic N) is 1. The minimum atomic E-state index is -1.57. The third-order valence-electron chi connectivity index (χ3n) is 2.46. The van der Waals surface area contributed by atoms with Crippen molar-refractivity contribution in [3.8, 4) is 0 Å². The van der Waals surface area contributed by atoms with Crippen molar-refractivity contribution in [3.63, 3.8) is 0 Å². The zero-order valence-electron chi connectivity index (χ0n) is 9.49. The predicted octanol–water partition coefficient (Wildman–Crippen LogP) is -1.25. The van der Waals surface area contributed by atoms with Crippen LogP contribution < -0.4 is 10.7 Å². The summed E-state index contributed by atoms with van der Waals surface area (Å²) < 4.78 is 5.08. The molecule has 2 amide bonds. The number of hydrogen-bond donors (Lipinski definition) is 2. The molecule has 0 bridgehead atoms. The fourth-order valence-corrected chi connectivity index (χ4v) is 1.43. The molecule has 0 aromatic rings. The van der Waals surface area contributed by atoms with Crippen molar-refractivity contribution in [1.29, 1.82) is 0 Å². The summed E-state index contributed by atoms with van der Waals surface area (Å²) in [7, 11) is 3.10. The van der Waals surface area contributed by atoms with E-state index in [1.54, 1.807) is 14.0 Å². The normalized spacial score (nSPS) is 24.8. The summed E-state index contributed by atoms with van der Waals surface area (Å²) in [4.78, 5) is 34.1. The van der Waals surface area contributed by atoms with E-state index in [2.05, 4.69) is 10.7 Å². The molecule has 7 nitrogen and oxygen atoms in total. The highest BCUT2D eigenvalue weighted by Gasteiger charge is 2.53. The Bertz CT molecular complexity index is 331. The van der Waals surface area contributed by atoms with Gasteiger partial charge in [-0.3, -0.25) is 25.1 Å². The Balaban J connectivity index is 2.98. The number of amides is 2. The van der Waals surface area contributed by atoms with Gasteiger partial charge in [0.2, 0.25) is 5.91 Å². The van der Waals surface area contributed by atoms with Gasteiger partial charge in [-0.15, -0.1) is 0 Å². The number of carbonyl (C=O) groups is 3. The molecular formula is C9H15N3O4. The first kappa shape index (κ1) is 12.6. The molecular weight excluding hydrogens is 214 g/mol. The summed E-state index contributed by atoms with van der Waals surface area (Å²) >= 11 is 0. The molecule has 90 valence electrons. The van der Waals surface area contributed by atoms with E-state index < -0.39 is 23.5 Å². The molecule has 0 aliphatic carbocycles. The standard InChI is InChI=1S/C9H15N3O4/c1-4-7(14)16-9(12(3)10-2)5-6(13)11-8(9)15/h10H,4-5H2,1-3H3,(H,11,13,15). The molecule has 1 unspecified atom stereocenters. The van der Waals surface area contributed by atoms with E-state index in [1.807, 2.05) is 0 Å². The van der Waals surface area contributed by atoms with Crippen molar-refractivity contribution in [2.24, 2.45) is 0 Å². The van der Waals surface area contributed by atoms with Crippen LogP contribution in [0, 0.1) is 0 Å². The number of rotatable bonds is 4. The lowest BCUT2D eigenvalue weighted by atomic mass is 10.1. The minimum absolute atomic E-state index is 0.140. The van der Waals surface area contributed by atoms with Gasteiger partial charge in [-0.2, -0.15) is 5.01 Å². The van der Waals surface area contributed by atoms with Crippen molar-refractivity contribution >= 4 is 17.8 Å². The average Bonchev–Trinajstić information content (AvgIpc) is 2.53. The fourth-order valence-electron chi connectivity index (χ4n) is 1.43. The lowest BCUT2D eigenvalue weighted by Gasteiger charge is -2.33. The summed E-state index contributed by atoms with van der Waals surface area (Å²) in [5.41, 5.74) is 1.10. The lowest BCUT2D eigenvalue weighted by molar-refractivity contribution is -0.191. The summed E-state index contributed by atoms with van der Waals surface area (Å²) in [6, 6.07) is 0. The van der Waals surface area contributed by atoms with Crippen LogP contribution in [0.4, 0.5) is 0 Å². The maximum atomic E-state index is 11.7. The van der Waals surface area contributed by atoms with Crippen molar-refractivity contribution in [3.05, 3.63) is 0 Å². The molecule has 16 heavy (non-hydrogen) atoms. The van der Waals surface area contributed by atoms with Gasteiger partial charge in [0.1, 0.15) is 0 Å². The summed E-state index contributed by atoms with van der Waals surface area (Å²) in [5.74, 6) is -1.63. The third-order valence-corrected chi connectivity index (χ3v) is 2.46. The summed E-state index contributed by atoms with van der Waals surface area (Å²) in [5, 5.41) is 3.42. The molecule has 2 N–H and O–H groups in total. The average molecular weight is 229 g/mol. The Kier molecular flexibility index (Phi) is 3.61. The van der Waals surface area contributed by atoms with Gasteiger partial charge in [-0.1, -0.05) is 6.92 Å². The largest absolute Gasteiger partial charge is 0.432 e. The predicted molar refractivity (Wildman–Crippen MR) is 53.7 cm³/mol. The number of likely N-dealkylation sites (N-methyl/N-ethyl adjacent to an activating group) is 1. The highest BCUT2D eigenvalue weighted by molar-refractivity contribution is 6.08. The van der Waals surface area contributed by atoms with Crippen LogP contribution in [0.25, 0.3) is 0 Å². The molecule has 1 rings (SSSR count). The van der Waals surface area contributed by atoms with E-state index in [0.717, 1.165) is 0 Å². The van der Waals surface area contributed by atoms with E-state index in [-0.39, 0.29) is 12.8 Å². The SMILES string of the molecule is CCC(=O)OC1(N(C)NC)CC(=O)NC1=O. The molecule has 0 saturated carbocycles. The number of hydrogen-bond acceptors (Lipinski definition) is 6. The van der Waals surface area contributed by atoms with Crippen molar-refractivity contribution in [2.75, 3.05) is 14.1 Å². The van der Waals surface area contributed by atoms with Crippen LogP contribution in [0.1, 0.15) is 19.8 Å². The van der Waals surface area contributed by atoms with Crippen LogP contribution in [0.5, 0.6) is 0 Å². The Morgan fingerprint density at radius 2 is 2.25 bits per heavy atom. The van der Waals surface area contributed by atoms with E-state index in [4.69, 9.17) is 4.74 Å². The van der Waals surface area contributed by atoms with E-state index in [9.17, 15) is 14.4 Å². The Morgan fingerprint density at radius 3 is 2.62 bits per heavy atom. The second-order valence-electron chi connectivity index (χ2n) is 3.45. The highest BCUT2D eigenvalue weighted by atomic mass is 16.6. The van der Waals surface area contributed by atoms with Crippen molar-refractivity contribution < 1.29 is 19.1 Å². The van der Waals surface area contributed by atoms with Gasteiger partial charge >= 0.3 is 5.97 Å². The Morgan fingerprint density at radius 1 is 1.62 bits per heavy atom. The van der Waals surface area contributed by atoms with Crippen LogP contribution in [0.3, 0.4) is 0 Å². The van der Waals surface area contributed by atoms with Crippen LogP contribution >= 0.6 is 0 Å². The van der Waals surface area contributed by atoms with Crippen LogP contribution in [0.2, 0.25) is 0 Å². The van der Waals surface area contributed by atoms with Crippen LogP contribution in [-0.2, 0) is 19.1 Å². The Hall–Kier alpha value is -1.47. The van der Waals surface area contributed by atoms with Crippen LogP contribution in [0.15, 0.2) is 0 Å². The highest BCUT2D eigenvalue weighted by Crippen LogP contribution is 2.24. The van der Waals surface area contributed by atoms with Gasteiger partial charge in [0, 0.05) is 13.5 Å². The Labute approximate surface area is 93.1 Å². The first-order valence-electron chi connectivity index (χ1n) is 4.93. The number of nitrogens with one attached hydrogen (secondary N) is 2. The topological polar surface area (TPSA) is 87.7 Å². The summed E-state index contributed by atoms with van der Waals surface area (Å²) in [6.07, 6.45) is -0.0598. The molecule has 1 saturated heterocycles. The molecule has 1 atom stereocenters. The maximum Gasteiger partial charge on any atom is 0.307 e. The van der Waals surface area contributed by atoms with Gasteiger partial charge in [0.15, 0.2) is 0 Å². The third kappa shape index (κ3) is 2.05. The van der Waals surface area contributed by atoms with E-state index in [0.29, 0.717) is 0 Å². The first-order chi connectivity index (χ1) is 7.46.